The Hall–Kier alpha value is -1.98. The monoisotopic (exact) mass is 372 g/mol. The number of nitro groups is 1. The molecule has 9 nitrogen and oxygen atoms in total. The summed E-state index contributed by atoms with van der Waals surface area (Å²) in [5.74, 6) is 0. The lowest BCUT2D eigenvalue weighted by Crippen LogP contribution is -2.44. The van der Waals surface area contributed by atoms with Gasteiger partial charge in [0.25, 0.3) is 0 Å². The van der Waals surface area contributed by atoms with Crippen LogP contribution in [0.2, 0.25) is 0 Å². The lowest BCUT2D eigenvalue weighted by molar-refractivity contribution is -0.383. The summed E-state index contributed by atoms with van der Waals surface area (Å²) in [5.41, 5.74) is -0.180. The predicted octanol–water partition coefficient (Wildman–Crippen LogP) is 1.16. The van der Waals surface area contributed by atoms with Crippen LogP contribution in [-0.4, -0.2) is 55.2 Å². The Morgan fingerprint density at radius 3 is 2.96 bits per heavy atom. The van der Waals surface area contributed by atoms with Crippen LogP contribution in [0.1, 0.15) is 0 Å². The molecule has 0 amide bonds. The molecule has 1 fully saturated rings. The summed E-state index contributed by atoms with van der Waals surface area (Å²) in [6, 6.07) is 2.94. The highest BCUT2D eigenvalue weighted by Gasteiger charge is 2.31. The van der Waals surface area contributed by atoms with E-state index < -0.39 is 14.8 Å². The second-order valence-electron chi connectivity index (χ2n) is 5.45. The maximum Gasteiger partial charge on any atom is 0.305 e. The third kappa shape index (κ3) is 3.57. The standard InChI is InChI=1S/C13H16N4O5S2/c1-24(20,21)12-7-11(17(18)19)13(23-12)15-5-6-22-10(8-15)9-16-4-2-3-14-16/h2-4,7,10H,5-6,8-9H2,1H3. The van der Waals surface area contributed by atoms with Gasteiger partial charge in [-0.3, -0.25) is 14.8 Å². The van der Waals surface area contributed by atoms with Crippen molar-refractivity contribution in [3.05, 3.63) is 34.6 Å². The fraction of sp³-hybridized carbons (Fsp3) is 0.462. The van der Waals surface area contributed by atoms with E-state index in [-0.39, 0.29) is 16.0 Å². The summed E-state index contributed by atoms with van der Waals surface area (Å²) in [4.78, 5) is 12.6. The van der Waals surface area contributed by atoms with Crippen LogP contribution in [0.5, 0.6) is 0 Å². The van der Waals surface area contributed by atoms with Gasteiger partial charge in [-0.25, -0.2) is 8.42 Å². The van der Waals surface area contributed by atoms with Crippen molar-refractivity contribution < 1.29 is 18.1 Å². The molecule has 1 atom stereocenters. The SMILES string of the molecule is CS(=O)(=O)c1cc([N+](=O)[O-])c(N2CCOC(Cn3cccn3)C2)s1. The van der Waals surface area contributed by atoms with Crippen LogP contribution in [-0.2, 0) is 21.1 Å². The number of hydrogen-bond donors (Lipinski definition) is 0. The molecule has 0 radical (unpaired) electrons. The van der Waals surface area contributed by atoms with Crippen molar-refractivity contribution in [2.24, 2.45) is 0 Å². The molecule has 130 valence electrons. The maximum atomic E-state index is 11.7. The first kappa shape index (κ1) is 16.9. The second-order valence-corrected chi connectivity index (χ2v) is 8.73. The molecule has 0 spiro atoms. The number of morpholine rings is 1. The highest BCUT2D eigenvalue weighted by Crippen LogP contribution is 2.40. The Balaban J connectivity index is 1.84. The lowest BCUT2D eigenvalue weighted by atomic mass is 10.2. The molecule has 0 saturated carbocycles. The lowest BCUT2D eigenvalue weighted by Gasteiger charge is -2.33. The van der Waals surface area contributed by atoms with E-state index in [1.165, 1.54) is 0 Å². The number of hydrogen-bond acceptors (Lipinski definition) is 8. The van der Waals surface area contributed by atoms with E-state index in [1.54, 1.807) is 10.9 Å². The van der Waals surface area contributed by atoms with E-state index in [9.17, 15) is 18.5 Å². The molecule has 2 aromatic rings. The maximum absolute atomic E-state index is 11.7. The van der Waals surface area contributed by atoms with Crippen LogP contribution < -0.4 is 4.90 Å². The molecule has 0 aliphatic carbocycles. The van der Waals surface area contributed by atoms with Crippen LogP contribution in [0.25, 0.3) is 0 Å². The van der Waals surface area contributed by atoms with Gasteiger partial charge in [0, 0.05) is 37.8 Å². The van der Waals surface area contributed by atoms with Crippen LogP contribution in [0.15, 0.2) is 28.7 Å². The number of thiophene rings is 1. The number of aromatic nitrogens is 2. The quantitative estimate of drug-likeness (QED) is 0.572. The van der Waals surface area contributed by atoms with Crippen molar-refractivity contribution in [1.82, 2.24) is 9.78 Å². The highest BCUT2D eigenvalue weighted by molar-refractivity contribution is 7.92. The van der Waals surface area contributed by atoms with Gasteiger partial charge in [-0.1, -0.05) is 11.3 Å². The van der Waals surface area contributed by atoms with Crippen molar-refractivity contribution in [3.63, 3.8) is 0 Å². The van der Waals surface area contributed by atoms with E-state index in [2.05, 4.69) is 5.10 Å². The number of rotatable bonds is 5. The van der Waals surface area contributed by atoms with Gasteiger partial charge in [0.1, 0.15) is 4.21 Å². The van der Waals surface area contributed by atoms with E-state index >= 15 is 0 Å². The Bertz CT molecular complexity index is 831. The average molecular weight is 372 g/mol. The minimum absolute atomic E-state index is 0.000631. The molecule has 1 unspecified atom stereocenters. The summed E-state index contributed by atoms with van der Waals surface area (Å²) in [6.45, 7) is 1.85. The zero-order valence-corrected chi connectivity index (χ0v) is 14.5. The Labute approximate surface area is 142 Å². The third-order valence-electron chi connectivity index (χ3n) is 3.61. The van der Waals surface area contributed by atoms with Gasteiger partial charge in [-0.15, -0.1) is 0 Å². The summed E-state index contributed by atoms with van der Waals surface area (Å²) in [5, 5.41) is 15.8. The topological polar surface area (TPSA) is 108 Å². The first-order chi connectivity index (χ1) is 11.3. The van der Waals surface area contributed by atoms with E-state index in [4.69, 9.17) is 4.74 Å². The van der Waals surface area contributed by atoms with Gasteiger partial charge in [0.05, 0.1) is 24.2 Å². The Morgan fingerprint density at radius 1 is 1.54 bits per heavy atom. The normalized spacial score (nSPS) is 18.7. The van der Waals surface area contributed by atoms with Gasteiger partial charge < -0.3 is 9.64 Å². The number of anilines is 1. The predicted molar refractivity (Wildman–Crippen MR) is 88.3 cm³/mol. The smallest absolute Gasteiger partial charge is 0.305 e. The van der Waals surface area contributed by atoms with E-state index in [0.717, 1.165) is 23.7 Å². The molecule has 24 heavy (non-hydrogen) atoms. The van der Waals surface area contributed by atoms with Crippen molar-refractivity contribution >= 4 is 31.9 Å². The molecule has 3 rings (SSSR count). The molecule has 0 bridgehead atoms. The zero-order chi connectivity index (χ0) is 17.3. The van der Waals surface area contributed by atoms with Crippen LogP contribution in [0, 0.1) is 10.1 Å². The number of ether oxygens (including phenoxy) is 1. The van der Waals surface area contributed by atoms with Crippen LogP contribution in [0.3, 0.4) is 0 Å². The first-order valence-electron chi connectivity index (χ1n) is 7.17. The molecular formula is C13H16N4O5S2. The summed E-state index contributed by atoms with van der Waals surface area (Å²) in [6.07, 6.45) is 4.36. The fourth-order valence-electron chi connectivity index (χ4n) is 2.52. The second kappa shape index (κ2) is 6.49. The van der Waals surface area contributed by atoms with Gasteiger partial charge in [0.15, 0.2) is 14.8 Å². The van der Waals surface area contributed by atoms with E-state index in [0.29, 0.717) is 31.2 Å². The zero-order valence-electron chi connectivity index (χ0n) is 12.9. The minimum Gasteiger partial charge on any atom is -0.373 e. The van der Waals surface area contributed by atoms with Gasteiger partial charge in [-0.05, 0) is 6.07 Å². The molecule has 1 aliphatic heterocycles. The third-order valence-corrected chi connectivity index (χ3v) is 6.60. The first-order valence-corrected chi connectivity index (χ1v) is 9.87. The minimum atomic E-state index is -3.49. The molecule has 0 aromatic carbocycles. The molecule has 3 heterocycles. The summed E-state index contributed by atoms with van der Waals surface area (Å²) in [7, 11) is -3.49. The van der Waals surface area contributed by atoms with Gasteiger partial charge in [0.2, 0.25) is 0 Å². The highest BCUT2D eigenvalue weighted by atomic mass is 32.2. The average Bonchev–Trinajstić information content (AvgIpc) is 3.15. The number of nitrogens with zero attached hydrogens (tertiary/aromatic N) is 4. The molecule has 2 aromatic heterocycles. The fourth-order valence-corrected chi connectivity index (χ4v) is 4.58. The number of sulfone groups is 1. The molecule has 0 N–H and O–H groups in total. The Kier molecular flexibility index (Phi) is 4.56. The molecule has 1 saturated heterocycles. The van der Waals surface area contributed by atoms with Gasteiger partial charge >= 0.3 is 5.69 Å². The van der Waals surface area contributed by atoms with Crippen molar-refractivity contribution in [3.8, 4) is 0 Å². The molecular weight excluding hydrogens is 356 g/mol. The van der Waals surface area contributed by atoms with Gasteiger partial charge in [-0.2, -0.15) is 5.10 Å². The molecule has 11 heteroatoms. The largest absolute Gasteiger partial charge is 0.373 e. The Morgan fingerprint density at radius 2 is 2.33 bits per heavy atom. The molecule has 1 aliphatic rings. The summed E-state index contributed by atoms with van der Waals surface area (Å²) < 4.78 is 30.9. The van der Waals surface area contributed by atoms with Crippen LogP contribution >= 0.6 is 11.3 Å². The van der Waals surface area contributed by atoms with Crippen molar-refractivity contribution in [1.29, 1.82) is 0 Å². The van der Waals surface area contributed by atoms with Crippen molar-refractivity contribution in [2.45, 2.75) is 16.9 Å². The van der Waals surface area contributed by atoms with Crippen LogP contribution in [0.4, 0.5) is 10.7 Å². The van der Waals surface area contributed by atoms with E-state index in [1.807, 2.05) is 17.2 Å². The summed E-state index contributed by atoms with van der Waals surface area (Å²) >= 11 is 0.930. The van der Waals surface area contributed by atoms with Crippen molar-refractivity contribution in [2.75, 3.05) is 30.9 Å².